The molecule has 0 aliphatic heterocycles. The van der Waals surface area contributed by atoms with Gasteiger partial charge in [0.25, 0.3) is 0 Å². The molecule has 2 N–H and O–H groups in total. The van der Waals surface area contributed by atoms with Crippen LogP contribution in [-0.2, 0) is 4.43 Å². The van der Waals surface area contributed by atoms with Gasteiger partial charge in [0.1, 0.15) is 0 Å². The molecule has 7 heavy (non-hydrogen) atoms. The van der Waals surface area contributed by atoms with Crippen LogP contribution in [0.5, 0.6) is 0 Å². The molecular weight excluding hydrogens is 119 g/mol. The van der Waals surface area contributed by atoms with Gasteiger partial charge in [0, 0.05) is 0 Å². The van der Waals surface area contributed by atoms with Crippen LogP contribution < -0.4 is 0 Å². The fraction of sp³-hybridized carbons (Fsp3) is 0. The highest BCUT2D eigenvalue weighted by Gasteiger charge is 2.35. The van der Waals surface area contributed by atoms with Crippen LogP contribution in [0.3, 0.4) is 0 Å². The summed E-state index contributed by atoms with van der Waals surface area (Å²) in [5, 5.41) is 0. The van der Waals surface area contributed by atoms with E-state index in [4.69, 9.17) is 9.59 Å². The molecular formula is C2H5FO3Si. The summed E-state index contributed by atoms with van der Waals surface area (Å²) in [5.74, 6) is 0. The van der Waals surface area contributed by atoms with Crippen molar-refractivity contribution in [3.05, 3.63) is 12.8 Å². The van der Waals surface area contributed by atoms with E-state index in [1.165, 1.54) is 0 Å². The van der Waals surface area contributed by atoms with E-state index < -0.39 is 9.14 Å². The van der Waals surface area contributed by atoms with Gasteiger partial charge in [0.15, 0.2) is 0 Å². The Labute approximate surface area is 41.2 Å². The second kappa shape index (κ2) is 2.06. The Balaban J connectivity index is 3.34. The van der Waals surface area contributed by atoms with Crippen molar-refractivity contribution >= 4 is 9.14 Å². The zero-order chi connectivity index (χ0) is 5.91. The Kier molecular flexibility index (Phi) is 1.94. The van der Waals surface area contributed by atoms with E-state index in [1.54, 1.807) is 0 Å². The Morgan fingerprint density at radius 1 is 1.71 bits per heavy atom. The lowest BCUT2D eigenvalue weighted by atomic mass is 11.2. The molecule has 0 atom stereocenters. The third-order valence-corrected chi connectivity index (χ3v) is 0.700. The van der Waals surface area contributed by atoms with Crippen LogP contribution in [0.4, 0.5) is 4.11 Å². The highest BCUT2D eigenvalue weighted by Crippen LogP contribution is 1.93. The molecule has 5 heteroatoms. The molecule has 0 rings (SSSR count). The summed E-state index contributed by atoms with van der Waals surface area (Å²) < 4.78 is 14.9. The Hall–Kier alpha value is -0.393. The lowest BCUT2D eigenvalue weighted by Gasteiger charge is -2.01. The average Bonchev–Trinajstić information content (AvgIpc) is 1.30. The predicted molar refractivity (Wildman–Crippen MR) is 22.6 cm³/mol. The van der Waals surface area contributed by atoms with Gasteiger partial charge in [-0.25, -0.2) is 4.11 Å². The highest BCUT2D eigenvalue weighted by molar-refractivity contribution is 6.49. The van der Waals surface area contributed by atoms with Crippen LogP contribution >= 0.6 is 0 Å². The minimum Gasteiger partial charge on any atom is -0.485 e. The summed E-state index contributed by atoms with van der Waals surface area (Å²) in [6, 6.07) is 0. The quantitative estimate of drug-likeness (QED) is 0.297. The van der Waals surface area contributed by atoms with Crippen molar-refractivity contribution in [1.29, 1.82) is 0 Å². The number of hydrogen-bond donors (Lipinski definition) is 2. The Bertz CT molecular complexity index is 67.8. The molecule has 0 fully saturated rings. The summed E-state index contributed by atoms with van der Waals surface area (Å²) in [5.41, 5.74) is 0. The molecule has 0 aromatic heterocycles. The van der Waals surface area contributed by atoms with Crippen LogP contribution in [0.1, 0.15) is 0 Å². The first kappa shape index (κ1) is 6.61. The predicted octanol–water partition coefficient (Wildman–Crippen LogP) is -0.464. The van der Waals surface area contributed by atoms with E-state index in [1.807, 2.05) is 0 Å². The van der Waals surface area contributed by atoms with Gasteiger partial charge < -0.3 is 14.0 Å². The van der Waals surface area contributed by atoms with Crippen LogP contribution in [0.15, 0.2) is 12.8 Å². The zero-order valence-corrected chi connectivity index (χ0v) is 4.47. The Morgan fingerprint density at radius 2 is 2.14 bits per heavy atom. The topological polar surface area (TPSA) is 49.7 Å². The second-order valence-corrected chi connectivity index (χ2v) is 2.11. The first-order chi connectivity index (χ1) is 3.06. The maximum absolute atomic E-state index is 11.3. The molecule has 0 amide bonds. The fourth-order valence-corrected chi connectivity index (χ4v) is 0.318. The van der Waals surface area contributed by atoms with E-state index in [-0.39, 0.29) is 0 Å². The summed E-state index contributed by atoms with van der Waals surface area (Å²) in [6.07, 6.45) is 0.645. The van der Waals surface area contributed by atoms with Crippen LogP contribution in [0, 0.1) is 0 Å². The lowest BCUT2D eigenvalue weighted by molar-refractivity contribution is 0.151. The standard InChI is InChI=1S/C2H5FO3Si/c1-2-6-7(3,4)5/h2,4-5H,1H2. The average molecular weight is 124 g/mol. The lowest BCUT2D eigenvalue weighted by Crippen LogP contribution is -2.30. The van der Waals surface area contributed by atoms with Gasteiger partial charge in [-0.15, -0.1) is 0 Å². The summed E-state index contributed by atoms with van der Waals surface area (Å²) >= 11 is 0. The van der Waals surface area contributed by atoms with Crippen molar-refractivity contribution in [3.63, 3.8) is 0 Å². The van der Waals surface area contributed by atoms with Crippen LogP contribution in [0.2, 0.25) is 0 Å². The minimum atomic E-state index is -4.78. The van der Waals surface area contributed by atoms with Crippen LogP contribution in [-0.4, -0.2) is 18.7 Å². The monoisotopic (exact) mass is 124 g/mol. The molecule has 0 aliphatic rings. The third-order valence-electron chi connectivity index (χ3n) is 0.233. The minimum absolute atomic E-state index is 0.645. The van der Waals surface area contributed by atoms with Crippen molar-refractivity contribution in [1.82, 2.24) is 0 Å². The van der Waals surface area contributed by atoms with Gasteiger partial charge in [0.05, 0.1) is 6.26 Å². The van der Waals surface area contributed by atoms with E-state index in [0.29, 0.717) is 6.26 Å². The molecule has 0 saturated heterocycles. The van der Waals surface area contributed by atoms with E-state index in [0.717, 1.165) is 0 Å². The largest absolute Gasteiger partial charge is 0.785 e. The van der Waals surface area contributed by atoms with Gasteiger partial charge in [-0.3, -0.25) is 0 Å². The summed E-state index contributed by atoms with van der Waals surface area (Å²) in [6.45, 7) is 2.90. The van der Waals surface area contributed by atoms with E-state index in [9.17, 15) is 4.11 Å². The van der Waals surface area contributed by atoms with Gasteiger partial charge in [-0.2, -0.15) is 0 Å². The SMILES string of the molecule is C=CO[Si](O)(O)F. The molecule has 0 bridgehead atoms. The molecule has 0 aliphatic carbocycles. The molecule has 0 radical (unpaired) electrons. The van der Waals surface area contributed by atoms with E-state index >= 15 is 0 Å². The van der Waals surface area contributed by atoms with Crippen molar-refractivity contribution in [3.8, 4) is 0 Å². The summed E-state index contributed by atoms with van der Waals surface area (Å²) in [4.78, 5) is 15.5. The summed E-state index contributed by atoms with van der Waals surface area (Å²) in [7, 11) is -4.78. The third kappa shape index (κ3) is 5.61. The number of rotatable bonds is 2. The molecule has 3 nitrogen and oxygen atoms in total. The fourth-order valence-electron chi connectivity index (χ4n) is 0.106. The van der Waals surface area contributed by atoms with Gasteiger partial charge in [-0.1, -0.05) is 6.58 Å². The van der Waals surface area contributed by atoms with Crippen LogP contribution in [0.25, 0.3) is 0 Å². The molecule has 0 spiro atoms. The number of hydrogen-bond acceptors (Lipinski definition) is 3. The molecule has 0 aromatic rings. The Morgan fingerprint density at radius 3 is 2.14 bits per heavy atom. The van der Waals surface area contributed by atoms with Crippen molar-refractivity contribution in [2.45, 2.75) is 0 Å². The molecule has 0 unspecified atom stereocenters. The molecule has 0 saturated carbocycles. The van der Waals surface area contributed by atoms with Crippen molar-refractivity contribution in [2.75, 3.05) is 0 Å². The van der Waals surface area contributed by atoms with E-state index in [2.05, 4.69) is 11.0 Å². The normalized spacial score (nSPS) is 10.7. The second-order valence-electron chi connectivity index (χ2n) is 0.813. The molecule has 42 valence electrons. The van der Waals surface area contributed by atoms with Gasteiger partial charge >= 0.3 is 9.14 Å². The molecule has 0 heterocycles. The first-order valence-corrected chi connectivity index (χ1v) is 3.16. The number of halogens is 1. The smallest absolute Gasteiger partial charge is 0.485 e. The first-order valence-electron chi connectivity index (χ1n) is 1.48. The van der Waals surface area contributed by atoms with Gasteiger partial charge in [-0.05, 0) is 0 Å². The van der Waals surface area contributed by atoms with Crippen molar-refractivity contribution < 1.29 is 18.1 Å². The van der Waals surface area contributed by atoms with Crippen molar-refractivity contribution in [2.24, 2.45) is 0 Å². The highest BCUT2D eigenvalue weighted by atomic mass is 28.4. The van der Waals surface area contributed by atoms with Gasteiger partial charge in [0.2, 0.25) is 0 Å². The maximum atomic E-state index is 11.3. The zero-order valence-electron chi connectivity index (χ0n) is 3.47. The molecule has 0 aromatic carbocycles. The maximum Gasteiger partial charge on any atom is 0.785 e.